The van der Waals surface area contributed by atoms with Crippen LogP contribution < -0.4 is 5.32 Å². The van der Waals surface area contributed by atoms with Crippen molar-refractivity contribution in [1.29, 1.82) is 0 Å². The number of benzene rings is 1. The molecule has 1 heterocycles. The lowest BCUT2D eigenvalue weighted by Crippen LogP contribution is -2.40. The van der Waals surface area contributed by atoms with Gasteiger partial charge in [0.1, 0.15) is 5.82 Å². The van der Waals surface area contributed by atoms with Crippen LogP contribution in [0.3, 0.4) is 0 Å². The summed E-state index contributed by atoms with van der Waals surface area (Å²) in [5.74, 6) is -0.236. The average Bonchev–Trinajstić information content (AvgIpc) is 2.87. The maximum absolute atomic E-state index is 11.6. The van der Waals surface area contributed by atoms with Crippen LogP contribution in [0.2, 0.25) is 0 Å². The van der Waals surface area contributed by atoms with Gasteiger partial charge in [0.2, 0.25) is 5.13 Å². The summed E-state index contributed by atoms with van der Waals surface area (Å²) in [6, 6.07) is 9.04. The second-order valence-electron chi connectivity index (χ2n) is 4.29. The summed E-state index contributed by atoms with van der Waals surface area (Å²) >= 11 is 1.18. The fourth-order valence-electron chi connectivity index (χ4n) is 1.68. The summed E-state index contributed by atoms with van der Waals surface area (Å²) in [5, 5.41) is 13.0. The van der Waals surface area contributed by atoms with Crippen molar-refractivity contribution in [3.63, 3.8) is 0 Å². The van der Waals surface area contributed by atoms with Gasteiger partial charge in [0.15, 0.2) is 5.54 Å². The van der Waals surface area contributed by atoms with Crippen LogP contribution in [0.25, 0.3) is 0 Å². The Kier molecular flexibility index (Phi) is 3.80. The smallest absolute Gasteiger partial charge is 0.333 e. The van der Waals surface area contributed by atoms with Crippen molar-refractivity contribution >= 4 is 22.6 Å². The van der Waals surface area contributed by atoms with Crippen molar-refractivity contribution in [3.05, 3.63) is 41.7 Å². The topological polar surface area (TPSA) is 75.1 Å². The van der Waals surface area contributed by atoms with Crippen LogP contribution in [0.1, 0.15) is 25.2 Å². The van der Waals surface area contributed by atoms with Gasteiger partial charge in [-0.1, -0.05) is 37.3 Å². The summed E-state index contributed by atoms with van der Waals surface area (Å²) in [6.45, 7) is 3.58. The molecule has 1 aromatic heterocycles. The molecule has 0 radical (unpaired) electrons. The number of aliphatic carboxylic acids is 1. The van der Waals surface area contributed by atoms with E-state index in [-0.39, 0.29) is 0 Å². The first-order valence-corrected chi connectivity index (χ1v) is 6.73. The fourth-order valence-corrected chi connectivity index (χ4v) is 2.44. The highest BCUT2D eigenvalue weighted by Crippen LogP contribution is 2.27. The van der Waals surface area contributed by atoms with Crippen LogP contribution in [0, 0.1) is 0 Å². The second kappa shape index (κ2) is 5.36. The van der Waals surface area contributed by atoms with Gasteiger partial charge in [0.05, 0.1) is 0 Å². The third kappa shape index (κ3) is 2.73. The van der Waals surface area contributed by atoms with E-state index in [0.717, 1.165) is 6.42 Å². The van der Waals surface area contributed by atoms with Gasteiger partial charge in [-0.25, -0.2) is 9.78 Å². The number of hydrogen-bond acceptors (Lipinski definition) is 5. The molecule has 1 aromatic carbocycles. The number of nitrogens with zero attached hydrogens (tertiary/aromatic N) is 2. The first kappa shape index (κ1) is 13.5. The highest BCUT2D eigenvalue weighted by Gasteiger charge is 2.36. The van der Waals surface area contributed by atoms with E-state index in [9.17, 15) is 9.90 Å². The highest BCUT2D eigenvalue weighted by atomic mass is 32.1. The van der Waals surface area contributed by atoms with E-state index in [4.69, 9.17) is 0 Å². The molecular weight excluding hydrogens is 262 g/mol. The number of aromatic nitrogens is 2. The largest absolute Gasteiger partial charge is 0.479 e. The van der Waals surface area contributed by atoms with E-state index in [1.54, 1.807) is 19.1 Å². The zero-order valence-corrected chi connectivity index (χ0v) is 11.6. The molecule has 0 aliphatic rings. The SMILES string of the molecule is CCc1nsc(NC(C)(C(=O)O)c2ccccc2)n1. The predicted octanol–water partition coefficient (Wildman–Crippen LogP) is 2.51. The number of hydrogen-bond donors (Lipinski definition) is 2. The third-order valence-electron chi connectivity index (χ3n) is 2.92. The molecule has 0 fully saturated rings. The van der Waals surface area contributed by atoms with E-state index < -0.39 is 11.5 Å². The first-order valence-electron chi connectivity index (χ1n) is 5.96. The van der Waals surface area contributed by atoms with Gasteiger partial charge in [-0.2, -0.15) is 4.37 Å². The molecule has 6 heteroatoms. The molecule has 1 unspecified atom stereocenters. The van der Waals surface area contributed by atoms with Gasteiger partial charge in [-0.15, -0.1) is 0 Å². The van der Waals surface area contributed by atoms with Gasteiger partial charge in [0, 0.05) is 18.0 Å². The van der Waals surface area contributed by atoms with E-state index in [0.29, 0.717) is 16.5 Å². The summed E-state index contributed by atoms with van der Waals surface area (Å²) in [5.41, 5.74) is -0.540. The fraction of sp³-hybridized carbons (Fsp3) is 0.308. The number of carbonyl (C=O) groups is 1. The zero-order chi connectivity index (χ0) is 13.9. The van der Waals surface area contributed by atoms with E-state index in [2.05, 4.69) is 14.7 Å². The van der Waals surface area contributed by atoms with Crippen molar-refractivity contribution < 1.29 is 9.90 Å². The van der Waals surface area contributed by atoms with E-state index >= 15 is 0 Å². The Bertz CT molecular complexity index is 570. The van der Waals surface area contributed by atoms with Crippen LogP contribution in [0.5, 0.6) is 0 Å². The van der Waals surface area contributed by atoms with Crippen LogP contribution >= 0.6 is 11.5 Å². The molecule has 100 valence electrons. The number of anilines is 1. The minimum atomic E-state index is -1.22. The Labute approximate surface area is 115 Å². The molecule has 2 rings (SSSR count). The third-order valence-corrected chi connectivity index (χ3v) is 3.59. The van der Waals surface area contributed by atoms with Gasteiger partial charge in [-0.3, -0.25) is 0 Å². The molecule has 0 amide bonds. The predicted molar refractivity (Wildman–Crippen MR) is 74.3 cm³/mol. The van der Waals surface area contributed by atoms with Crippen LogP contribution in [0.15, 0.2) is 30.3 Å². The minimum absolute atomic E-state index is 0.519. The maximum atomic E-state index is 11.6. The Morgan fingerprint density at radius 2 is 2.11 bits per heavy atom. The lowest BCUT2D eigenvalue weighted by molar-refractivity contribution is -0.142. The number of carboxylic acids is 1. The van der Waals surface area contributed by atoms with E-state index in [1.807, 2.05) is 25.1 Å². The molecule has 5 nitrogen and oxygen atoms in total. The van der Waals surface area contributed by atoms with Crippen molar-refractivity contribution in [2.45, 2.75) is 25.8 Å². The maximum Gasteiger partial charge on any atom is 0.333 e. The Morgan fingerprint density at radius 3 is 2.63 bits per heavy atom. The van der Waals surface area contributed by atoms with Crippen molar-refractivity contribution in [2.24, 2.45) is 0 Å². The number of aryl methyl sites for hydroxylation is 1. The molecule has 2 N–H and O–H groups in total. The summed E-state index contributed by atoms with van der Waals surface area (Å²) in [4.78, 5) is 15.9. The van der Waals surface area contributed by atoms with Crippen LogP contribution in [0.4, 0.5) is 5.13 Å². The molecule has 0 aliphatic heterocycles. The molecule has 0 bridgehead atoms. The van der Waals surface area contributed by atoms with Crippen LogP contribution in [-0.4, -0.2) is 20.4 Å². The Morgan fingerprint density at radius 1 is 1.42 bits per heavy atom. The normalized spacial score (nSPS) is 13.8. The van der Waals surface area contributed by atoms with Crippen molar-refractivity contribution in [3.8, 4) is 0 Å². The van der Waals surface area contributed by atoms with Gasteiger partial charge < -0.3 is 10.4 Å². The number of carboxylic acid groups (broad SMARTS) is 1. The monoisotopic (exact) mass is 277 g/mol. The lowest BCUT2D eigenvalue weighted by Gasteiger charge is -2.26. The van der Waals surface area contributed by atoms with Crippen molar-refractivity contribution in [1.82, 2.24) is 9.36 Å². The molecule has 0 saturated heterocycles. The van der Waals surface area contributed by atoms with E-state index in [1.165, 1.54) is 11.5 Å². The summed E-state index contributed by atoms with van der Waals surface area (Å²) in [6.07, 6.45) is 0.729. The first-order chi connectivity index (χ1) is 9.06. The van der Waals surface area contributed by atoms with Gasteiger partial charge in [-0.05, 0) is 12.5 Å². The van der Waals surface area contributed by atoms with Gasteiger partial charge >= 0.3 is 5.97 Å². The average molecular weight is 277 g/mol. The molecule has 0 saturated carbocycles. The van der Waals surface area contributed by atoms with Crippen LogP contribution in [-0.2, 0) is 16.8 Å². The van der Waals surface area contributed by atoms with Gasteiger partial charge in [0.25, 0.3) is 0 Å². The summed E-state index contributed by atoms with van der Waals surface area (Å²) < 4.78 is 4.15. The number of rotatable bonds is 5. The molecule has 2 aromatic rings. The highest BCUT2D eigenvalue weighted by molar-refractivity contribution is 7.09. The Hall–Kier alpha value is -1.95. The molecule has 19 heavy (non-hydrogen) atoms. The number of nitrogens with one attached hydrogen (secondary N) is 1. The molecule has 0 spiro atoms. The van der Waals surface area contributed by atoms with Crippen molar-refractivity contribution in [2.75, 3.05) is 5.32 Å². The molecular formula is C13H15N3O2S. The quantitative estimate of drug-likeness (QED) is 0.878. The standard InChI is InChI=1S/C13H15N3O2S/c1-3-10-14-12(19-16-10)15-13(2,11(17)18)9-7-5-4-6-8-9/h4-8H,3H2,1-2H3,(H,17,18)(H,14,15,16). The summed E-state index contributed by atoms with van der Waals surface area (Å²) in [7, 11) is 0. The zero-order valence-electron chi connectivity index (χ0n) is 10.8. The second-order valence-corrected chi connectivity index (χ2v) is 5.04. The Balaban J connectivity index is 2.33. The molecule has 1 atom stereocenters. The molecule has 0 aliphatic carbocycles. The lowest BCUT2D eigenvalue weighted by atomic mass is 9.92. The minimum Gasteiger partial charge on any atom is -0.479 e.